The molecular formula is C35H45NO6SSi. The summed E-state index contributed by atoms with van der Waals surface area (Å²) in [7, 11) is 3.61. The Bertz CT molecular complexity index is 1360. The van der Waals surface area contributed by atoms with Crippen molar-refractivity contribution in [3.63, 3.8) is 0 Å². The van der Waals surface area contributed by atoms with E-state index >= 15 is 0 Å². The van der Waals surface area contributed by atoms with Gasteiger partial charge in [0.2, 0.25) is 0 Å². The van der Waals surface area contributed by atoms with E-state index in [1.54, 1.807) is 21.3 Å². The van der Waals surface area contributed by atoms with Gasteiger partial charge in [-0.3, -0.25) is 4.79 Å². The first-order valence-electron chi connectivity index (χ1n) is 15.0. The lowest BCUT2D eigenvalue weighted by Gasteiger charge is -2.45. The molecule has 0 amide bonds. The smallest absolute Gasteiger partial charge is 0.315 e. The van der Waals surface area contributed by atoms with Crippen LogP contribution in [0.1, 0.15) is 39.2 Å². The number of carbonyl (C=O) groups excluding carboxylic acids is 1. The highest BCUT2D eigenvalue weighted by molar-refractivity contribution is 7.80. The average Bonchev–Trinajstić information content (AvgIpc) is 3.04. The van der Waals surface area contributed by atoms with E-state index in [0.717, 1.165) is 5.56 Å². The average molecular weight is 636 g/mol. The van der Waals surface area contributed by atoms with E-state index < -0.39 is 14.2 Å². The zero-order chi connectivity index (χ0) is 31.9. The number of hydrogen-bond donors (Lipinski definition) is 0. The van der Waals surface area contributed by atoms with Gasteiger partial charge in [-0.1, -0.05) is 93.7 Å². The number of ether oxygens (including phenoxy) is 4. The Morgan fingerprint density at radius 1 is 0.909 bits per heavy atom. The maximum atomic E-state index is 13.3. The number of thiocarbonyl (C=S) groups is 1. The second kappa shape index (κ2) is 14.7. The SMILES string of the molecule is COC(=O)C1C(=S)N(Cc2ccc(OC)cc2OC)C(OC)C[C@H]1CCO[Si](c1ccccc1)(c1ccccc1)C(C)(C)C. The molecule has 4 rings (SSSR count). The zero-order valence-corrected chi connectivity index (χ0v) is 28.7. The first kappa shape index (κ1) is 33.6. The molecule has 1 aliphatic heterocycles. The molecule has 0 radical (unpaired) electrons. The Morgan fingerprint density at radius 3 is 2.02 bits per heavy atom. The molecule has 7 nitrogen and oxygen atoms in total. The lowest BCUT2D eigenvalue weighted by atomic mass is 9.82. The Kier molecular flexibility index (Phi) is 11.2. The number of esters is 1. The topological polar surface area (TPSA) is 66.5 Å². The molecule has 0 saturated carbocycles. The van der Waals surface area contributed by atoms with Crippen LogP contribution in [-0.2, 0) is 25.2 Å². The third kappa shape index (κ3) is 6.86. The normalized spacial score (nSPS) is 19.0. The van der Waals surface area contributed by atoms with Crippen LogP contribution in [0.3, 0.4) is 0 Å². The van der Waals surface area contributed by atoms with E-state index in [0.29, 0.717) is 42.5 Å². The molecule has 0 aromatic heterocycles. The quantitative estimate of drug-likeness (QED) is 0.145. The molecule has 3 atom stereocenters. The van der Waals surface area contributed by atoms with E-state index in [1.807, 2.05) is 35.2 Å². The van der Waals surface area contributed by atoms with Gasteiger partial charge < -0.3 is 28.3 Å². The highest BCUT2D eigenvalue weighted by atomic mass is 32.1. The fourth-order valence-electron chi connectivity index (χ4n) is 6.44. The molecule has 1 fully saturated rings. The van der Waals surface area contributed by atoms with Crippen LogP contribution in [0.4, 0.5) is 0 Å². The predicted molar refractivity (Wildman–Crippen MR) is 180 cm³/mol. The highest BCUT2D eigenvalue weighted by Gasteiger charge is 2.51. The first-order valence-corrected chi connectivity index (χ1v) is 17.3. The Hall–Kier alpha value is -3.24. The molecule has 1 aliphatic rings. The van der Waals surface area contributed by atoms with Crippen molar-refractivity contribution < 1.29 is 28.2 Å². The van der Waals surface area contributed by atoms with Crippen molar-refractivity contribution in [3.05, 3.63) is 84.4 Å². The van der Waals surface area contributed by atoms with Crippen molar-refractivity contribution in [3.8, 4) is 11.5 Å². The van der Waals surface area contributed by atoms with Gasteiger partial charge in [-0.25, -0.2) is 0 Å². The second-order valence-corrected chi connectivity index (χ2v) is 16.9. The third-order valence-electron chi connectivity index (χ3n) is 8.66. The summed E-state index contributed by atoms with van der Waals surface area (Å²) in [5, 5.41) is 2.29. The highest BCUT2D eigenvalue weighted by Crippen LogP contribution is 2.39. The number of likely N-dealkylation sites (tertiary alicyclic amines) is 1. The zero-order valence-electron chi connectivity index (χ0n) is 26.9. The number of rotatable bonds is 12. The summed E-state index contributed by atoms with van der Waals surface area (Å²) >= 11 is 6.02. The first-order chi connectivity index (χ1) is 21.1. The molecule has 236 valence electrons. The van der Waals surface area contributed by atoms with Crippen LogP contribution in [0.25, 0.3) is 0 Å². The summed E-state index contributed by atoms with van der Waals surface area (Å²) in [6.45, 7) is 7.68. The summed E-state index contributed by atoms with van der Waals surface area (Å²) in [5.41, 5.74) is 0.912. The molecule has 44 heavy (non-hydrogen) atoms. The molecule has 1 heterocycles. The molecule has 0 bridgehead atoms. The largest absolute Gasteiger partial charge is 0.497 e. The molecule has 2 unspecified atom stereocenters. The molecule has 0 spiro atoms. The molecule has 1 saturated heterocycles. The van der Waals surface area contributed by atoms with Gasteiger partial charge >= 0.3 is 5.97 Å². The summed E-state index contributed by atoms with van der Waals surface area (Å²) in [5.74, 6) is 0.313. The number of hydrogen-bond acceptors (Lipinski definition) is 7. The summed E-state index contributed by atoms with van der Waals surface area (Å²) in [6, 6.07) is 26.8. The van der Waals surface area contributed by atoms with E-state index in [9.17, 15) is 4.79 Å². The van der Waals surface area contributed by atoms with Crippen molar-refractivity contribution in [1.29, 1.82) is 0 Å². The van der Waals surface area contributed by atoms with Crippen LogP contribution in [-0.4, -0.2) is 65.4 Å². The van der Waals surface area contributed by atoms with Crippen LogP contribution in [0.15, 0.2) is 78.9 Å². The predicted octanol–water partition coefficient (Wildman–Crippen LogP) is 5.58. The number of carbonyl (C=O) groups is 1. The Morgan fingerprint density at radius 2 is 1.52 bits per heavy atom. The summed E-state index contributed by atoms with van der Waals surface area (Å²) < 4.78 is 29.5. The minimum Gasteiger partial charge on any atom is -0.497 e. The number of nitrogens with zero attached hydrogens (tertiary/aromatic N) is 1. The van der Waals surface area contributed by atoms with Crippen LogP contribution in [0, 0.1) is 11.8 Å². The van der Waals surface area contributed by atoms with Gasteiger partial charge in [0.25, 0.3) is 8.32 Å². The van der Waals surface area contributed by atoms with E-state index in [2.05, 4.69) is 69.3 Å². The van der Waals surface area contributed by atoms with Gasteiger partial charge in [-0.15, -0.1) is 0 Å². The van der Waals surface area contributed by atoms with Crippen LogP contribution in [0.2, 0.25) is 5.04 Å². The van der Waals surface area contributed by atoms with Crippen molar-refractivity contribution in [2.75, 3.05) is 35.0 Å². The summed E-state index contributed by atoms with van der Waals surface area (Å²) in [4.78, 5) is 15.8. The standard InChI is InChI=1S/C35H45NO6SSi/c1-35(2,3)44(28-14-10-8-11-15-28,29-16-12-9-13-17-29)42-21-20-25-22-31(40-6)36(33(43)32(25)34(37)41-7)24-26-18-19-27(38-4)23-30(26)39-5/h8-19,23,25,31-32H,20-22,24H2,1-7H3/t25-,31?,32?/m1/s1. The van der Waals surface area contributed by atoms with Gasteiger partial charge in [0.1, 0.15) is 23.6 Å². The van der Waals surface area contributed by atoms with Gasteiger partial charge in [0.15, 0.2) is 0 Å². The Labute approximate surface area is 268 Å². The van der Waals surface area contributed by atoms with Crippen molar-refractivity contribution >= 4 is 41.9 Å². The van der Waals surface area contributed by atoms with Gasteiger partial charge in [0, 0.05) is 31.9 Å². The molecule has 3 aromatic rings. The van der Waals surface area contributed by atoms with Crippen molar-refractivity contribution in [2.45, 2.75) is 51.4 Å². The van der Waals surface area contributed by atoms with E-state index in [-0.39, 0.29) is 23.2 Å². The number of methoxy groups -OCH3 is 4. The third-order valence-corrected chi connectivity index (χ3v) is 14.2. The van der Waals surface area contributed by atoms with E-state index in [4.69, 9.17) is 35.6 Å². The van der Waals surface area contributed by atoms with Crippen LogP contribution in [0.5, 0.6) is 11.5 Å². The summed E-state index contributed by atoms with van der Waals surface area (Å²) in [6.07, 6.45) is 0.899. The van der Waals surface area contributed by atoms with Crippen molar-refractivity contribution in [1.82, 2.24) is 4.90 Å². The monoisotopic (exact) mass is 635 g/mol. The molecular weight excluding hydrogens is 591 g/mol. The van der Waals surface area contributed by atoms with Crippen LogP contribution < -0.4 is 19.8 Å². The molecule has 3 aromatic carbocycles. The van der Waals surface area contributed by atoms with Crippen molar-refractivity contribution in [2.24, 2.45) is 11.8 Å². The van der Waals surface area contributed by atoms with Gasteiger partial charge in [-0.2, -0.15) is 0 Å². The molecule has 0 N–H and O–H groups in total. The maximum absolute atomic E-state index is 13.3. The van der Waals surface area contributed by atoms with Crippen LogP contribution >= 0.6 is 12.2 Å². The minimum absolute atomic E-state index is 0.118. The van der Waals surface area contributed by atoms with Gasteiger partial charge in [-0.05, 0) is 46.3 Å². The number of benzene rings is 3. The number of piperidine rings is 1. The minimum atomic E-state index is -2.73. The van der Waals surface area contributed by atoms with Gasteiger partial charge in [0.05, 0.1) is 26.3 Å². The lowest BCUT2D eigenvalue weighted by Crippen LogP contribution is -2.66. The Balaban J connectivity index is 1.62. The fraction of sp³-hybridized carbons (Fsp3) is 0.429. The molecule has 0 aliphatic carbocycles. The lowest BCUT2D eigenvalue weighted by molar-refractivity contribution is -0.147. The van der Waals surface area contributed by atoms with E-state index in [1.165, 1.54) is 17.5 Å². The fourth-order valence-corrected chi connectivity index (χ4v) is 11.5. The second-order valence-electron chi connectivity index (χ2n) is 12.1. The molecule has 9 heteroatoms. The maximum Gasteiger partial charge on any atom is 0.315 e.